The Morgan fingerprint density at radius 2 is 2.04 bits per heavy atom. The topological polar surface area (TPSA) is 44.7 Å². The van der Waals surface area contributed by atoms with Crippen molar-refractivity contribution in [2.45, 2.75) is 39.3 Å². The van der Waals surface area contributed by atoms with Crippen LogP contribution in [0, 0.1) is 13.8 Å². The quantitative estimate of drug-likeness (QED) is 0.765. The Bertz CT molecular complexity index is 772. The van der Waals surface area contributed by atoms with E-state index < -0.39 is 0 Å². The van der Waals surface area contributed by atoms with Gasteiger partial charge in [0.15, 0.2) is 5.11 Å². The lowest BCUT2D eigenvalue weighted by Crippen LogP contribution is -2.39. The van der Waals surface area contributed by atoms with Crippen molar-refractivity contribution in [3.63, 3.8) is 0 Å². The van der Waals surface area contributed by atoms with E-state index in [-0.39, 0.29) is 6.10 Å². The molecule has 0 aromatic heterocycles. The van der Waals surface area contributed by atoms with Gasteiger partial charge in [0, 0.05) is 30.9 Å². The molecule has 1 fully saturated rings. The lowest BCUT2D eigenvalue weighted by atomic mass is 10.1. The summed E-state index contributed by atoms with van der Waals surface area (Å²) >= 11 is 5.69. The Morgan fingerprint density at radius 1 is 1.23 bits per heavy atom. The highest BCUT2D eigenvalue weighted by Gasteiger charge is 2.22. The van der Waals surface area contributed by atoms with Crippen LogP contribution in [0.15, 0.2) is 42.5 Å². The number of ether oxygens (including phenoxy) is 1. The van der Waals surface area contributed by atoms with Crippen LogP contribution in [0.5, 0.6) is 5.75 Å². The fraction of sp³-hybridized carbons (Fsp3) is 0.381. The van der Waals surface area contributed by atoms with Gasteiger partial charge in [0.05, 0.1) is 6.10 Å². The van der Waals surface area contributed by atoms with E-state index in [1.807, 2.05) is 24.3 Å². The Hall–Kier alpha value is -2.11. The van der Waals surface area contributed by atoms with Crippen LogP contribution in [0.4, 0.5) is 5.69 Å². The summed E-state index contributed by atoms with van der Waals surface area (Å²) in [6.45, 7) is 6.26. The third kappa shape index (κ3) is 4.74. The standard InChI is InChI=1S/C21H26N2O2S/c1-15-9-10-18(12-16(15)2)22-21(26)23(14-19-7-5-11-25-19)13-17-6-3-4-8-20(17)24/h3-4,6,8-10,12,19,24H,5,7,11,13-14H2,1-2H3,(H,22,26)/t19-/m0/s1. The molecule has 0 unspecified atom stereocenters. The van der Waals surface area contributed by atoms with Crippen LogP contribution in [-0.4, -0.2) is 34.4 Å². The largest absolute Gasteiger partial charge is 0.508 e. The summed E-state index contributed by atoms with van der Waals surface area (Å²) in [4.78, 5) is 2.08. The second kappa shape index (κ2) is 8.52. The van der Waals surface area contributed by atoms with E-state index in [0.717, 1.165) is 30.7 Å². The fourth-order valence-electron chi connectivity index (χ4n) is 3.13. The molecule has 138 valence electrons. The lowest BCUT2D eigenvalue weighted by molar-refractivity contribution is 0.0904. The number of aryl methyl sites for hydroxylation is 2. The number of phenols is 1. The third-order valence-electron chi connectivity index (χ3n) is 4.85. The molecular weight excluding hydrogens is 344 g/mol. The van der Waals surface area contributed by atoms with Crippen molar-refractivity contribution in [2.24, 2.45) is 0 Å². The summed E-state index contributed by atoms with van der Waals surface area (Å²) in [6.07, 6.45) is 2.32. The smallest absolute Gasteiger partial charge is 0.173 e. The number of anilines is 1. The monoisotopic (exact) mass is 370 g/mol. The minimum Gasteiger partial charge on any atom is -0.508 e. The molecule has 2 aromatic carbocycles. The molecular formula is C21H26N2O2S. The predicted octanol–water partition coefficient (Wildman–Crippen LogP) is 4.39. The fourth-order valence-corrected chi connectivity index (χ4v) is 3.38. The minimum absolute atomic E-state index is 0.181. The number of hydrogen-bond donors (Lipinski definition) is 2. The second-order valence-corrected chi connectivity index (χ2v) is 7.26. The van der Waals surface area contributed by atoms with Gasteiger partial charge in [0.25, 0.3) is 0 Å². The molecule has 4 nitrogen and oxygen atoms in total. The molecule has 1 heterocycles. The SMILES string of the molecule is Cc1ccc(NC(=S)N(Cc2ccccc2O)C[C@@H]2CCCO2)cc1C. The van der Waals surface area contributed by atoms with Gasteiger partial charge in [-0.2, -0.15) is 0 Å². The Labute approximate surface area is 160 Å². The second-order valence-electron chi connectivity index (χ2n) is 6.87. The normalized spacial score (nSPS) is 16.5. The van der Waals surface area contributed by atoms with E-state index >= 15 is 0 Å². The van der Waals surface area contributed by atoms with Crippen molar-refractivity contribution in [1.82, 2.24) is 4.90 Å². The summed E-state index contributed by atoms with van der Waals surface area (Å²) in [5.74, 6) is 0.291. The van der Waals surface area contributed by atoms with Crippen molar-refractivity contribution in [2.75, 3.05) is 18.5 Å². The molecule has 1 aliphatic rings. The summed E-state index contributed by atoms with van der Waals surface area (Å²) in [6, 6.07) is 13.6. The highest BCUT2D eigenvalue weighted by atomic mass is 32.1. The van der Waals surface area contributed by atoms with Crippen LogP contribution in [0.3, 0.4) is 0 Å². The number of thiocarbonyl (C=S) groups is 1. The molecule has 0 radical (unpaired) electrons. The number of nitrogens with one attached hydrogen (secondary N) is 1. The van der Waals surface area contributed by atoms with Crippen LogP contribution in [0.2, 0.25) is 0 Å². The van der Waals surface area contributed by atoms with Gasteiger partial charge in [-0.25, -0.2) is 0 Å². The number of phenolic OH excluding ortho intramolecular Hbond substituents is 1. The molecule has 26 heavy (non-hydrogen) atoms. The molecule has 2 aromatic rings. The maximum absolute atomic E-state index is 10.1. The molecule has 1 atom stereocenters. The van der Waals surface area contributed by atoms with Gasteiger partial charge in [-0.3, -0.25) is 0 Å². The Balaban J connectivity index is 1.75. The zero-order chi connectivity index (χ0) is 18.5. The molecule has 0 saturated carbocycles. The first-order valence-electron chi connectivity index (χ1n) is 9.04. The van der Waals surface area contributed by atoms with E-state index in [9.17, 15) is 5.11 Å². The first-order chi connectivity index (χ1) is 12.5. The lowest BCUT2D eigenvalue weighted by Gasteiger charge is -2.28. The van der Waals surface area contributed by atoms with E-state index in [4.69, 9.17) is 17.0 Å². The number of benzene rings is 2. The molecule has 3 rings (SSSR count). The molecule has 0 spiro atoms. The van der Waals surface area contributed by atoms with Crippen LogP contribution in [0.25, 0.3) is 0 Å². The highest BCUT2D eigenvalue weighted by molar-refractivity contribution is 7.80. The van der Waals surface area contributed by atoms with Crippen molar-refractivity contribution in [1.29, 1.82) is 0 Å². The summed E-state index contributed by atoms with van der Waals surface area (Å²) in [7, 11) is 0. The Kier molecular flexibility index (Phi) is 6.12. The average Bonchev–Trinajstić information content (AvgIpc) is 3.12. The van der Waals surface area contributed by atoms with Crippen LogP contribution in [-0.2, 0) is 11.3 Å². The Morgan fingerprint density at radius 3 is 2.73 bits per heavy atom. The predicted molar refractivity (Wildman–Crippen MR) is 110 cm³/mol. The number of aromatic hydroxyl groups is 1. The van der Waals surface area contributed by atoms with Gasteiger partial charge in [0.1, 0.15) is 5.75 Å². The number of para-hydroxylation sites is 1. The molecule has 1 aliphatic heterocycles. The molecule has 0 amide bonds. The van der Waals surface area contributed by atoms with Gasteiger partial charge >= 0.3 is 0 Å². The number of hydrogen-bond acceptors (Lipinski definition) is 3. The van der Waals surface area contributed by atoms with E-state index in [0.29, 0.717) is 24.0 Å². The molecule has 0 aliphatic carbocycles. The summed E-state index contributed by atoms with van der Waals surface area (Å²) in [5.41, 5.74) is 4.32. The first kappa shape index (κ1) is 18.7. The van der Waals surface area contributed by atoms with Crippen molar-refractivity contribution >= 4 is 23.0 Å². The van der Waals surface area contributed by atoms with Crippen LogP contribution in [0.1, 0.15) is 29.5 Å². The van der Waals surface area contributed by atoms with Gasteiger partial charge in [-0.1, -0.05) is 24.3 Å². The minimum atomic E-state index is 0.181. The zero-order valence-electron chi connectivity index (χ0n) is 15.4. The average molecular weight is 371 g/mol. The van der Waals surface area contributed by atoms with Crippen molar-refractivity contribution in [3.8, 4) is 5.75 Å². The summed E-state index contributed by atoms with van der Waals surface area (Å²) in [5, 5.41) is 14.1. The molecule has 5 heteroatoms. The zero-order valence-corrected chi connectivity index (χ0v) is 16.2. The van der Waals surface area contributed by atoms with Gasteiger partial charge < -0.3 is 20.1 Å². The van der Waals surface area contributed by atoms with Crippen molar-refractivity contribution in [3.05, 3.63) is 59.2 Å². The van der Waals surface area contributed by atoms with Crippen LogP contribution >= 0.6 is 12.2 Å². The van der Waals surface area contributed by atoms with Crippen molar-refractivity contribution < 1.29 is 9.84 Å². The highest BCUT2D eigenvalue weighted by Crippen LogP contribution is 2.22. The maximum atomic E-state index is 10.1. The van der Waals surface area contributed by atoms with Gasteiger partial charge in [-0.05, 0) is 68.2 Å². The van der Waals surface area contributed by atoms with E-state index in [2.05, 4.69) is 36.2 Å². The molecule has 1 saturated heterocycles. The first-order valence-corrected chi connectivity index (χ1v) is 9.45. The maximum Gasteiger partial charge on any atom is 0.173 e. The third-order valence-corrected chi connectivity index (χ3v) is 5.21. The molecule has 2 N–H and O–H groups in total. The number of rotatable bonds is 5. The molecule has 0 bridgehead atoms. The van der Waals surface area contributed by atoms with Gasteiger partial charge in [-0.15, -0.1) is 0 Å². The summed E-state index contributed by atoms with van der Waals surface area (Å²) < 4.78 is 5.80. The van der Waals surface area contributed by atoms with Gasteiger partial charge in [0.2, 0.25) is 0 Å². The van der Waals surface area contributed by atoms with E-state index in [1.54, 1.807) is 6.07 Å². The number of nitrogens with zero attached hydrogens (tertiary/aromatic N) is 1. The van der Waals surface area contributed by atoms with E-state index in [1.165, 1.54) is 11.1 Å². The van der Waals surface area contributed by atoms with Crippen LogP contribution < -0.4 is 5.32 Å².